The molecule has 0 radical (unpaired) electrons. The molecule has 1 heterocycles. The van der Waals surface area contributed by atoms with Gasteiger partial charge in [0, 0.05) is 23.9 Å². The second kappa shape index (κ2) is 4.18. The normalized spacial score (nSPS) is 16.2. The Morgan fingerprint density at radius 1 is 1.29 bits per heavy atom. The standard InChI is InChI=1S/C12H14N2/c1-2-3-8-13-12-11-7-5-4-6-10(11)9-14-12/h4-7,9H,2-3,8H2,1H3. The highest BCUT2D eigenvalue weighted by atomic mass is 14.9. The zero-order chi connectivity index (χ0) is 9.80. The number of benzene rings is 1. The molecule has 1 aromatic carbocycles. The number of hydrogen-bond donors (Lipinski definition) is 0. The summed E-state index contributed by atoms with van der Waals surface area (Å²) < 4.78 is 0. The summed E-state index contributed by atoms with van der Waals surface area (Å²) in [7, 11) is 0. The average Bonchev–Trinajstić information content (AvgIpc) is 2.63. The van der Waals surface area contributed by atoms with Gasteiger partial charge >= 0.3 is 0 Å². The number of fused-ring (bicyclic) bond motifs is 1. The lowest BCUT2D eigenvalue weighted by Crippen LogP contribution is -1.95. The Hall–Kier alpha value is -1.44. The molecule has 1 aliphatic heterocycles. The molecule has 14 heavy (non-hydrogen) atoms. The van der Waals surface area contributed by atoms with Crippen LogP contribution in [0, 0.1) is 0 Å². The number of rotatable bonds is 3. The Morgan fingerprint density at radius 3 is 3.00 bits per heavy atom. The predicted molar refractivity (Wildman–Crippen MR) is 60.3 cm³/mol. The van der Waals surface area contributed by atoms with Gasteiger partial charge in [0.25, 0.3) is 0 Å². The van der Waals surface area contributed by atoms with Gasteiger partial charge in [-0.2, -0.15) is 0 Å². The summed E-state index contributed by atoms with van der Waals surface area (Å²) in [4.78, 5) is 8.77. The monoisotopic (exact) mass is 186 g/mol. The highest BCUT2D eigenvalue weighted by Crippen LogP contribution is 2.14. The number of hydrogen-bond acceptors (Lipinski definition) is 1. The minimum Gasteiger partial charge on any atom is -0.266 e. The van der Waals surface area contributed by atoms with Gasteiger partial charge in [-0.3, -0.25) is 4.99 Å². The van der Waals surface area contributed by atoms with Gasteiger partial charge in [-0.1, -0.05) is 37.6 Å². The summed E-state index contributed by atoms with van der Waals surface area (Å²) in [6, 6.07) is 8.21. The van der Waals surface area contributed by atoms with Gasteiger partial charge in [-0.15, -0.1) is 0 Å². The maximum Gasteiger partial charge on any atom is 0.155 e. The van der Waals surface area contributed by atoms with Gasteiger partial charge in [-0.25, -0.2) is 4.99 Å². The molecule has 2 rings (SSSR count). The lowest BCUT2D eigenvalue weighted by molar-refractivity contribution is 0.807. The van der Waals surface area contributed by atoms with Crippen molar-refractivity contribution < 1.29 is 0 Å². The SMILES string of the molecule is CCCCN=C1N=Cc2ccccc21. The molecule has 0 amide bonds. The highest BCUT2D eigenvalue weighted by molar-refractivity contribution is 6.15. The zero-order valence-corrected chi connectivity index (χ0v) is 8.40. The molecule has 0 aliphatic carbocycles. The van der Waals surface area contributed by atoms with E-state index in [0.717, 1.165) is 18.8 Å². The van der Waals surface area contributed by atoms with Gasteiger partial charge in [0.15, 0.2) is 5.84 Å². The van der Waals surface area contributed by atoms with E-state index in [1.807, 2.05) is 18.3 Å². The molecule has 0 N–H and O–H groups in total. The predicted octanol–water partition coefficient (Wildman–Crippen LogP) is 2.67. The molecule has 2 heteroatoms. The van der Waals surface area contributed by atoms with Gasteiger partial charge in [0.05, 0.1) is 0 Å². The van der Waals surface area contributed by atoms with E-state index in [-0.39, 0.29) is 0 Å². The van der Waals surface area contributed by atoms with Gasteiger partial charge in [-0.05, 0) is 6.42 Å². The molecular formula is C12H14N2. The summed E-state index contributed by atoms with van der Waals surface area (Å²) in [5.74, 6) is 0.897. The van der Waals surface area contributed by atoms with Crippen molar-refractivity contribution >= 4 is 12.1 Å². The molecule has 0 saturated carbocycles. The van der Waals surface area contributed by atoms with Crippen molar-refractivity contribution in [2.45, 2.75) is 19.8 Å². The van der Waals surface area contributed by atoms with Crippen molar-refractivity contribution in [3.05, 3.63) is 35.4 Å². The molecular weight excluding hydrogens is 172 g/mol. The molecule has 1 aromatic rings. The van der Waals surface area contributed by atoms with Crippen molar-refractivity contribution in [3.63, 3.8) is 0 Å². The van der Waals surface area contributed by atoms with Crippen molar-refractivity contribution in [2.24, 2.45) is 9.98 Å². The van der Waals surface area contributed by atoms with Crippen molar-refractivity contribution in [3.8, 4) is 0 Å². The molecule has 0 atom stereocenters. The molecule has 0 aromatic heterocycles. The number of aliphatic imine (C=N–C) groups is 2. The number of unbranched alkanes of at least 4 members (excludes halogenated alkanes) is 1. The van der Waals surface area contributed by atoms with Crippen molar-refractivity contribution in [2.75, 3.05) is 6.54 Å². The second-order valence-corrected chi connectivity index (χ2v) is 3.40. The minimum atomic E-state index is 0.886. The van der Waals surface area contributed by atoms with Crippen molar-refractivity contribution in [1.82, 2.24) is 0 Å². The van der Waals surface area contributed by atoms with Crippen LogP contribution in [0.15, 0.2) is 34.3 Å². The van der Waals surface area contributed by atoms with E-state index in [9.17, 15) is 0 Å². The Kier molecular flexibility index (Phi) is 2.73. The third-order valence-electron chi connectivity index (χ3n) is 2.30. The Balaban J connectivity index is 2.18. The maximum absolute atomic E-state index is 4.47. The molecule has 0 spiro atoms. The van der Waals surface area contributed by atoms with Crippen LogP contribution in [-0.4, -0.2) is 18.6 Å². The van der Waals surface area contributed by atoms with E-state index in [1.54, 1.807) is 0 Å². The lowest BCUT2D eigenvalue weighted by Gasteiger charge is -1.97. The number of amidine groups is 1. The fourth-order valence-electron chi connectivity index (χ4n) is 1.48. The molecule has 0 bridgehead atoms. The summed E-state index contributed by atoms with van der Waals surface area (Å²) >= 11 is 0. The summed E-state index contributed by atoms with van der Waals surface area (Å²) in [6.45, 7) is 3.06. The van der Waals surface area contributed by atoms with Crippen molar-refractivity contribution in [1.29, 1.82) is 0 Å². The van der Waals surface area contributed by atoms with Crippen LogP contribution in [0.3, 0.4) is 0 Å². The fraction of sp³-hybridized carbons (Fsp3) is 0.333. The van der Waals surface area contributed by atoms with Crippen LogP contribution in [0.1, 0.15) is 30.9 Å². The Labute approximate surface area is 84.4 Å². The first kappa shape index (κ1) is 9.13. The van der Waals surface area contributed by atoms with Gasteiger partial charge in [0.2, 0.25) is 0 Å². The third-order valence-corrected chi connectivity index (χ3v) is 2.30. The molecule has 0 saturated heterocycles. The van der Waals surface area contributed by atoms with Gasteiger partial charge < -0.3 is 0 Å². The molecule has 0 unspecified atom stereocenters. The van der Waals surface area contributed by atoms with Crippen LogP contribution in [0.25, 0.3) is 0 Å². The molecule has 72 valence electrons. The first-order valence-electron chi connectivity index (χ1n) is 5.09. The van der Waals surface area contributed by atoms with E-state index in [2.05, 4.69) is 29.0 Å². The minimum absolute atomic E-state index is 0.886. The summed E-state index contributed by atoms with van der Waals surface area (Å²) in [6.07, 6.45) is 4.21. The molecule has 1 aliphatic rings. The van der Waals surface area contributed by atoms with E-state index in [1.165, 1.54) is 17.5 Å². The third kappa shape index (κ3) is 1.74. The lowest BCUT2D eigenvalue weighted by atomic mass is 10.1. The number of nitrogens with zero attached hydrogens (tertiary/aromatic N) is 2. The highest BCUT2D eigenvalue weighted by Gasteiger charge is 2.11. The topological polar surface area (TPSA) is 24.7 Å². The zero-order valence-electron chi connectivity index (χ0n) is 8.40. The van der Waals surface area contributed by atoms with E-state index in [4.69, 9.17) is 0 Å². The summed E-state index contributed by atoms with van der Waals surface area (Å²) in [5.41, 5.74) is 2.35. The van der Waals surface area contributed by atoms with Crippen LogP contribution >= 0.6 is 0 Å². The largest absolute Gasteiger partial charge is 0.266 e. The molecule has 0 fully saturated rings. The van der Waals surface area contributed by atoms with E-state index in [0.29, 0.717) is 0 Å². The van der Waals surface area contributed by atoms with Gasteiger partial charge in [0.1, 0.15) is 0 Å². The maximum atomic E-state index is 4.47. The van der Waals surface area contributed by atoms with E-state index >= 15 is 0 Å². The Bertz CT molecular complexity index is 378. The average molecular weight is 186 g/mol. The van der Waals surface area contributed by atoms with Crippen LogP contribution < -0.4 is 0 Å². The fourth-order valence-corrected chi connectivity index (χ4v) is 1.48. The quantitative estimate of drug-likeness (QED) is 0.648. The van der Waals surface area contributed by atoms with Crippen LogP contribution in [0.5, 0.6) is 0 Å². The first-order chi connectivity index (χ1) is 6.92. The first-order valence-corrected chi connectivity index (χ1v) is 5.09. The second-order valence-electron chi connectivity index (χ2n) is 3.40. The Morgan fingerprint density at radius 2 is 2.14 bits per heavy atom. The summed E-state index contributed by atoms with van der Waals surface area (Å²) in [5, 5.41) is 0. The molecule has 2 nitrogen and oxygen atoms in total. The van der Waals surface area contributed by atoms with Crippen LogP contribution in [-0.2, 0) is 0 Å². The smallest absolute Gasteiger partial charge is 0.155 e. The van der Waals surface area contributed by atoms with E-state index < -0.39 is 0 Å². The van der Waals surface area contributed by atoms with Crippen LogP contribution in [0.4, 0.5) is 0 Å². The van der Waals surface area contributed by atoms with Crippen LogP contribution in [0.2, 0.25) is 0 Å².